The molecule has 29 heavy (non-hydrogen) atoms. The van der Waals surface area contributed by atoms with E-state index in [1.807, 2.05) is 24.3 Å². The molecule has 2 aromatic rings. The molecule has 10 heteroatoms. The van der Waals surface area contributed by atoms with E-state index in [4.69, 9.17) is 9.88 Å². The largest absolute Gasteiger partial charge is 0.497 e. The van der Waals surface area contributed by atoms with Gasteiger partial charge in [0.05, 0.1) is 19.4 Å². The van der Waals surface area contributed by atoms with Crippen LogP contribution < -0.4 is 15.2 Å². The molecular formula is C19H29N5O3S2. The van der Waals surface area contributed by atoms with Gasteiger partial charge in [-0.3, -0.25) is 0 Å². The third-order valence-electron chi connectivity index (χ3n) is 5.00. The van der Waals surface area contributed by atoms with Crippen LogP contribution in [0.4, 0.5) is 5.69 Å². The van der Waals surface area contributed by atoms with Crippen molar-refractivity contribution in [3.8, 4) is 5.75 Å². The van der Waals surface area contributed by atoms with Gasteiger partial charge in [0.1, 0.15) is 5.75 Å². The standard InChI is InChI=1S/C19H29N5O3S2/c1-27-17-10-5-7-15(13-17)21-14-18-22-23-19(28-11-6-12-29(20,25)26)24(18)16-8-3-2-4-9-16/h5,7,10,13,16,21H,2-4,6,8-9,11-12,14H2,1H3,(H2,20,25,26). The van der Waals surface area contributed by atoms with Crippen LogP contribution in [0.5, 0.6) is 5.75 Å². The average molecular weight is 440 g/mol. The lowest BCUT2D eigenvalue weighted by Crippen LogP contribution is -2.19. The third kappa shape index (κ3) is 6.61. The highest BCUT2D eigenvalue weighted by molar-refractivity contribution is 7.99. The fraction of sp³-hybridized carbons (Fsp3) is 0.579. The van der Waals surface area contributed by atoms with Crippen molar-refractivity contribution in [1.82, 2.24) is 14.8 Å². The zero-order chi connectivity index (χ0) is 20.7. The lowest BCUT2D eigenvalue weighted by molar-refractivity contribution is 0.330. The summed E-state index contributed by atoms with van der Waals surface area (Å²) in [6, 6.07) is 8.18. The molecule has 1 aromatic heterocycles. The van der Waals surface area contributed by atoms with Gasteiger partial charge in [-0.1, -0.05) is 37.1 Å². The van der Waals surface area contributed by atoms with E-state index in [-0.39, 0.29) is 5.75 Å². The minimum absolute atomic E-state index is 0.0121. The van der Waals surface area contributed by atoms with E-state index in [1.54, 1.807) is 18.9 Å². The Balaban J connectivity index is 1.70. The van der Waals surface area contributed by atoms with Crippen LogP contribution in [-0.4, -0.2) is 41.8 Å². The fourth-order valence-corrected chi connectivity index (χ4v) is 5.26. The molecule has 0 radical (unpaired) electrons. The van der Waals surface area contributed by atoms with Gasteiger partial charge in [0.15, 0.2) is 11.0 Å². The molecule has 1 fully saturated rings. The molecule has 0 saturated heterocycles. The predicted octanol–water partition coefficient (Wildman–Crippen LogP) is 3.17. The maximum atomic E-state index is 11.1. The number of hydrogen-bond donors (Lipinski definition) is 2. The number of methoxy groups -OCH3 is 1. The number of nitrogens with zero attached hydrogens (tertiary/aromatic N) is 3. The molecular weight excluding hydrogens is 410 g/mol. The summed E-state index contributed by atoms with van der Waals surface area (Å²) in [7, 11) is -1.77. The second-order valence-electron chi connectivity index (χ2n) is 7.22. The second kappa shape index (κ2) is 10.3. The Morgan fingerprint density at radius 3 is 2.79 bits per heavy atom. The van der Waals surface area contributed by atoms with Gasteiger partial charge in [-0.15, -0.1) is 10.2 Å². The number of aromatic nitrogens is 3. The Labute approximate surface area is 176 Å². The summed E-state index contributed by atoms with van der Waals surface area (Å²) < 4.78 is 29.8. The van der Waals surface area contributed by atoms with E-state index in [0.29, 0.717) is 24.8 Å². The lowest BCUT2D eigenvalue weighted by atomic mass is 9.95. The fourth-order valence-electron chi connectivity index (χ4n) is 3.57. The van der Waals surface area contributed by atoms with Crippen LogP contribution >= 0.6 is 11.8 Å². The molecule has 0 unspecified atom stereocenters. The number of nitrogens with two attached hydrogens (primary N) is 1. The van der Waals surface area contributed by atoms with E-state index in [2.05, 4.69) is 20.1 Å². The van der Waals surface area contributed by atoms with E-state index in [9.17, 15) is 8.42 Å². The zero-order valence-corrected chi connectivity index (χ0v) is 18.3. The highest BCUT2D eigenvalue weighted by Crippen LogP contribution is 2.33. The second-order valence-corrected chi connectivity index (χ2v) is 10.0. The molecule has 0 amide bonds. The predicted molar refractivity (Wildman–Crippen MR) is 116 cm³/mol. The molecule has 0 bridgehead atoms. The molecule has 3 rings (SSSR count). The van der Waals surface area contributed by atoms with Crippen molar-refractivity contribution in [2.45, 2.75) is 56.3 Å². The summed E-state index contributed by atoms with van der Waals surface area (Å²) >= 11 is 1.55. The van der Waals surface area contributed by atoms with Crippen LogP contribution in [0, 0.1) is 0 Å². The van der Waals surface area contributed by atoms with Gasteiger partial charge in [0.2, 0.25) is 10.0 Å². The molecule has 1 aliphatic rings. The van der Waals surface area contributed by atoms with Crippen molar-refractivity contribution < 1.29 is 13.2 Å². The van der Waals surface area contributed by atoms with Gasteiger partial charge in [-0.2, -0.15) is 0 Å². The summed E-state index contributed by atoms with van der Waals surface area (Å²) in [4.78, 5) is 0. The molecule has 1 aromatic carbocycles. The first-order chi connectivity index (χ1) is 14.0. The number of rotatable bonds is 10. The Hall–Kier alpha value is -1.78. The number of primary sulfonamides is 1. The van der Waals surface area contributed by atoms with Crippen LogP contribution in [0.25, 0.3) is 0 Å². The minimum atomic E-state index is -3.43. The van der Waals surface area contributed by atoms with Crippen LogP contribution in [0.3, 0.4) is 0 Å². The van der Waals surface area contributed by atoms with Crippen molar-refractivity contribution in [3.63, 3.8) is 0 Å². The number of thioether (sulfide) groups is 1. The number of benzene rings is 1. The van der Waals surface area contributed by atoms with Crippen molar-refractivity contribution >= 4 is 27.5 Å². The van der Waals surface area contributed by atoms with Gasteiger partial charge in [-0.25, -0.2) is 13.6 Å². The number of nitrogens with one attached hydrogen (secondary N) is 1. The van der Waals surface area contributed by atoms with Gasteiger partial charge in [-0.05, 0) is 31.4 Å². The number of ether oxygens (including phenoxy) is 1. The normalized spacial score (nSPS) is 15.4. The zero-order valence-electron chi connectivity index (χ0n) is 16.7. The summed E-state index contributed by atoms with van der Waals surface area (Å²) in [6.07, 6.45) is 6.43. The van der Waals surface area contributed by atoms with E-state index >= 15 is 0 Å². The highest BCUT2D eigenvalue weighted by atomic mass is 32.2. The maximum Gasteiger partial charge on any atom is 0.209 e. The molecule has 1 saturated carbocycles. The van der Waals surface area contributed by atoms with Crippen molar-refractivity contribution in [3.05, 3.63) is 30.1 Å². The van der Waals surface area contributed by atoms with Crippen molar-refractivity contribution in [2.75, 3.05) is 23.9 Å². The van der Waals surface area contributed by atoms with Gasteiger partial charge >= 0.3 is 0 Å². The third-order valence-corrected chi connectivity index (χ3v) is 6.89. The monoisotopic (exact) mass is 439 g/mol. The first kappa shape index (κ1) is 21.9. The van der Waals surface area contributed by atoms with Crippen molar-refractivity contribution in [2.24, 2.45) is 5.14 Å². The number of sulfonamides is 1. The van der Waals surface area contributed by atoms with Gasteiger partial charge < -0.3 is 14.6 Å². The van der Waals surface area contributed by atoms with E-state index in [1.165, 1.54) is 19.3 Å². The first-order valence-electron chi connectivity index (χ1n) is 9.91. The van der Waals surface area contributed by atoms with Gasteiger partial charge in [0, 0.05) is 23.5 Å². The Bertz CT molecular complexity index is 895. The number of hydrogen-bond acceptors (Lipinski definition) is 7. The Kier molecular flexibility index (Phi) is 7.79. The Morgan fingerprint density at radius 2 is 2.07 bits per heavy atom. The summed E-state index contributed by atoms with van der Waals surface area (Å²) in [5.74, 6) is 2.33. The number of anilines is 1. The quantitative estimate of drug-likeness (QED) is 0.432. The Morgan fingerprint density at radius 1 is 1.28 bits per heavy atom. The summed E-state index contributed by atoms with van der Waals surface area (Å²) in [5, 5.41) is 18.2. The summed E-state index contributed by atoms with van der Waals surface area (Å²) in [5.41, 5.74) is 0.963. The molecule has 1 heterocycles. The first-order valence-corrected chi connectivity index (χ1v) is 12.6. The van der Waals surface area contributed by atoms with Crippen LogP contribution in [-0.2, 0) is 16.6 Å². The molecule has 0 aliphatic heterocycles. The maximum absolute atomic E-state index is 11.1. The van der Waals surface area contributed by atoms with Crippen molar-refractivity contribution in [1.29, 1.82) is 0 Å². The average Bonchev–Trinajstić information content (AvgIpc) is 3.12. The smallest absolute Gasteiger partial charge is 0.209 e. The molecule has 0 atom stereocenters. The van der Waals surface area contributed by atoms with E-state index < -0.39 is 10.0 Å². The van der Waals surface area contributed by atoms with Gasteiger partial charge in [0.25, 0.3) is 0 Å². The van der Waals surface area contributed by atoms with Crippen LogP contribution in [0.1, 0.15) is 50.4 Å². The lowest BCUT2D eigenvalue weighted by Gasteiger charge is -2.25. The van der Waals surface area contributed by atoms with Crippen LogP contribution in [0.2, 0.25) is 0 Å². The molecule has 160 valence electrons. The SMILES string of the molecule is COc1cccc(NCc2nnc(SCCCS(N)(=O)=O)n2C2CCCCC2)c1. The molecule has 3 N–H and O–H groups in total. The van der Waals surface area contributed by atoms with Crippen LogP contribution in [0.15, 0.2) is 29.4 Å². The molecule has 1 aliphatic carbocycles. The highest BCUT2D eigenvalue weighted by Gasteiger charge is 2.23. The molecule has 0 spiro atoms. The molecule has 8 nitrogen and oxygen atoms in total. The topological polar surface area (TPSA) is 112 Å². The summed E-state index contributed by atoms with van der Waals surface area (Å²) in [6.45, 7) is 0.564. The van der Waals surface area contributed by atoms with E-state index in [0.717, 1.165) is 35.3 Å². The minimum Gasteiger partial charge on any atom is -0.497 e.